The van der Waals surface area contributed by atoms with Crippen molar-refractivity contribution in [2.45, 2.75) is 39.2 Å². The van der Waals surface area contributed by atoms with Crippen LogP contribution in [0.15, 0.2) is 66.7 Å². The number of halogens is 1. The molecular weight excluding hydrogens is 513 g/mol. The van der Waals surface area contributed by atoms with E-state index in [-0.39, 0.29) is 11.4 Å². The minimum atomic E-state index is -1.13. The van der Waals surface area contributed by atoms with E-state index in [1.54, 1.807) is 47.4 Å². The minimum Gasteiger partial charge on any atom is -0.457 e. The predicted octanol–water partition coefficient (Wildman–Crippen LogP) is 5.92. The molecule has 0 aromatic heterocycles. The van der Waals surface area contributed by atoms with Crippen molar-refractivity contribution in [1.82, 2.24) is 4.90 Å². The molecular formula is C31H32FN3O5. The Labute approximate surface area is 232 Å². The number of nitrogens with one attached hydrogen (secondary N) is 1. The van der Waals surface area contributed by atoms with Gasteiger partial charge in [0, 0.05) is 60.8 Å². The van der Waals surface area contributed by atoms with Gasteiger partial charge >= 0.3 is 6.03 Å². The topological polar surface area (TPSA) is 114 Å². The molecule has 208 valence electrons. The van der Waals surface area contributed by atoms with Gasteiger partial charge in [0.05, 0.1) is 0 Å². The van der Waals surface area contributed by atoms with Gasteiger partial charge in [0.2, 0.25) is 5.91 Å². The summed E-state index contributed by atoms with van der Waals surface area (Å²) in [7, 11) is 0. The van der Waals surface area contributed by atoms with E-state index in [4.69, 9.17) is 15.2 Å². The third-order valence-electron chi connectivity index (χ3n) is 6.10. The SMILES string of the molecule is CC(C)(C)C#CC1(O)CCN(C(=O)Nc2cc(Oc3ccc(F)cc3)cc(Oc3ccc(C(N)=O)cc3)c2)CC1. The number of hydrogen-bond donors (Lipinski definition) is 3. The lowest BCUT2D eigenvalue weighted by atomic mass is 9.89. The van der Waals surface area contributed by atoms with E-state index < -0.39 is 17.3 Å². The van der Waals surface area contributed by atoms with Gasteiger partial charge in [-0.05, 0) is 69.3 Å². The molecule has 0 saturated carbocycles. The Hall–Kier alpha value is -4.55. The van der Waals surface area contributed by atoms with E-state index in [1.807, 2.05) is 20.8 Å². The number of piperidine rings is 1. The van der Waals surface area contributed by atoms with Crippen molar-refractivity contribution in [2.24, 2.45) is 11.1 Å². The van der Waals surface area contributed by atoms with E-state index >= 15 is 0 Å². The van der Waals surface area contributed by atoms with Crippen LogP contribution in [0.3, 0.4) is 0 Å². The van der Waals surface area contributed by atoms with Crippen LogP contribution in [-0.4, -0.2) is 40.6 Å². The summed E-state index contributed by atoms with van der Waals surface area (Å²) in [5.74, 6) is 6.66. The summed E-state index contributed by atoms with van der Waals surface area (Å²) in [6.07, 6.45) is 0.680. The second kappa shape index (κ2) is 11.7. The molecule has 0 radical (unpaired) electrons. The summed E-state index contributed by atoms with van der Waals surface area (Å²) in [5, 5.41) is 13.7. The van der Waals surface area contributed by atoms with Crippen molar-refractivity contribution in [2.75, 3.05) is 18.4 Å². The summed E-state index contributed by atoms with van der Waals surface area (Å²) in [4.78, 5) is 26.1. The van der Waals surface area contributed by atoms with E-state index in [9.17, 15) is 19.1 Å². The third kappa shape index (κ3) is 7.98. The molecule has 4 rings (SSSR count). The summed E-state index contributed by atoms with van der Waals surface area (Å²) < 4.78 is 25.2. The van der Waals surface area contributed by atoms with Crippen LogP contribution in [0.1, 0.15) is 44.0 Å². The van der Waals surface area contributed by atoms with Crippen LogP contribution in [0.4, 0.5) is 14.9 Å². The van der Waals surface area contributed by atoms with Crippen molar-refractivity contribution >= 4 is 17.6 Å². The molecule has 1 aliphatic heterocycles. The molecule has 3 aromatic carbocycles. The maximum absolute atomic E-state index is 13.4. The number of hydrogen-bond acceptors (Lipinski definition) is 5. The van der Waals surface area contributed by atoms with Crippen LogP contribution in [-0.2, 0) is 0 Å². The first-order chi connectivity index (χ1) is 18.9. The summed E-state index contributed by atoms with van der Waals surface area (Å²) in [6, 6.07) is 16.4. The average molecular weight is 546 g/mol. The number of benzene rings is 3. The summed E-state index contributed by atoms with van der Waals surface area (Å²) in [5.41, 5.74) is 4.70. The number of nitrogens with zero attached hydrogens (tertiary/aromatic N) is 1. The van der Waals surface area contributed by atoms with E-state index in [1.165, 1.54) is 24.3 Å². The second-order valence-corrected chi connectivity index (χ2v) is 10.7. The number of likely N-dealkylation sites (tertiary alicyclic amines) is 1. The lowest BCUT2D eigenvalue weighted by Crippen LogP contribution is -2.47. The first kappa shape index (κ1) is 28.5. The zero-order valence-electron chi connectivity index (χ0n) is 22.7. The molecule has 1 fully saturated rings. The fourth-order valence-electron chi connectivity index (χ4n) is 3.93. The molecule has 0 atom stereocenters. The molecule has 3 aromatic rings. The number of urea groups is 1. The molecule has 1 saturated heterocycles. The predicted molar refractivity (Wildman–Crippen MR) is 150 cm³/mol. The van der Waals surface area contributed by atoms with E-state index in [0.717, 1.165) is 0 Å². The average Bonchev–Trinajstić information content (AvgIpc) is 2.89. The number of rotatable bonds is 6. The second-order valence-electron chi connectivity index (χ2n) is 10.7. The molecule has 40 heavy (non-hydrogen) atoms. The Bertz CT molecular complexity index is 1430. The standard InChI is InChI=1S/C31H32FN3O5/c1-30(2,3)12-13-31(38)14-16-35(17-15-31)29(37)34-23-18-26(39-24-8-4-21(5-9-24)28(33)36)20-27(19-23)40-25-10-6-22(32)7-11-25/h4-11,18-20,38H,14-17H2,1-3H3,(H2,33,36)(H,34,37). The molecule has 1 aliphatic rings. The lowest BCUT2D eigenvalue weighted by Gasteiger charge is -2.35. The fraction of sp³-hybridized carbons (Fsp3) is 0.290. The summed E-state index contributed by atoms with van der Waals surface area (Å²) in [6.45, 7) is 6.61. The first-order valence-electron chi connectivity index (χ1n) is 12.9. The fourth-order valence-corrected chi connectivity index (χ4v) is 3.93. The van der Waals surface area contributed by atoms with E-state index in [0.29, 0.717) is 60.2 Å². The van der Waals surface area contributed by atoms with Gasteiger partial charge in [-0.25, -0.2) is 9.18 Å². The van der Waals surface area contributed by atoms with Crippen molar-refractivity contribution in [3.8, 4) is 34.8 Å². The Morgan fingerprint density at radius 1 is 0.925 bits per heavy atom. The Balaban J connectivity index is 1.51. The number of nitrogens with two attached hydrogens (primary N) is 1. The minimum absolute atomic E-state index is 0.227. The van der Waals surface area contributed by atoms with Crippen LogP contribution in [0.25, 0.3) is 0 Å². The van der Waals surface area contributed by atoms with E-state index in [2.05, 4.69) is 17.2 Å². The zero-order valence-corrected chi connectivity index (χ0v) is 22.7. The van der Waals surface area contributed by atoms with Crippen LogP contribution in [0.5, 0.6) is 23.0 Å². The Morgan fingerprint density at radius 2 is 1.45 bits per heavy atom. The third-order valence-corrected chi connectivity index (χ3v) is 6.10. The van der Waals surface area contributed by atoms with Crippen molar-refractivity contribution < 1.29 is 28.6 Å². The van der Waals surface area contributed by atoms with Crippen LogP contribution >= 0.6 is 0 Å². The van der Waals surface area contributed by atoms with Crippen molar-refractivity contribution in [3.63, 3.8) is 0 Å². The van der Waals surface area contributed by atoms with Gasteiger partial charge in [-0.2, -0.15) is 0 Å². The molecule has 8 nitrogen and oxygen atoms in total. The van der Waals surface area contributed by atoms with Crippen molar-refractivity contribution in [1.29, 1.82) is 0 Å². The van der Waals surface area contributed by atoms with Gasteiger partial charge < -0.3 is 30.5 Å². The van der Waals surface area contributed by atoms with Gasteiger partial charge in [0.1, 0.15) is 34.4 Å². The number of amides is 3. The number of carbonyl (C=O) groups excluding carboxylic acids is 2. The van der Waals surface area contributed by atoms with Gasteiger partial charge in [-0.15, -0.1) is 0 Å². The largest absolute Gasteiger partial charge is 0.457 e. The molecule has 4 N–H and O–H groups in total. The van der Waals surface area contributed by atoms with Crippen LogP contribution in [0, 0.1) is 23.1 Å². The monoisotopic (exact) mass is 545 g/mol. The number of ether oxygens (including phenoxy) is 2. The number of aliphatic hydroxyl groups is 1. The highest BCUT2D eigenvalue weighted by molar-refractivity contribution is 5.93. The zero-order chi connectivity index (χ0) is 28.9. The molecule has 3 amide bonds. The molecule has 1 heterocycles. The number of carbonyl (C=O) groups is 2. The maximum Gasteiger partial charge on any atom is 0.321 e. The molecule has 0 aliphatic carbocycles. The van der Waals surface area contributed by atoms with Gasteiger partial charge in [0.25, 0.3) is 0 Å². The van der Waals surface area contributed by atoms with Crippen LogP contribution in [0.2, 0.25) is 0 Å². The molecule has 0 spiro atoms. The Morgan fingerprint density at radius 3 is 1.95 bits per heavy atom. The van der Waals surface area contributed by atoms with Crippen molar-refractivity contribution in [3.05, 3.63) is 78.1 Å². The number of anilines is 1. The molecule has 0 bridgehead atoms. The normalized spacial score (nSPS) is 14.5. The molecule has 0 unspecified atom stereocenters. The first-order valence-corrected chi connectivity index (χ1v) is 12.9. The van der Waals surface area contributed by atoms with Gasteiger partial charge in [-0.3, -0.25) is 4.79 Å². The highest BCUT2D eigenvalue weighted by atomic mass is 19.1. The lowest BCUT2D eigenvalue weighted by molar-refractivity contribution is 0.0394. The summed E-state index contributed by atoms with van der Waals surface area (Å²) >= 11 is 0. The highest BCUT2D eigenvalue weighted by Gasteiger charge is 2.32. The van der Waals surface area contributed by atoms with Gasteiger partial charge in [-0.1, -0.05) is 11.8 Å². The highest BCUT2D eigenvalue weighted by Crippen LogP contribution is 2.33. The quantitative estimate of drug-likeness (QED) is 0.333. The maximum atomic E-state index is 13.4. The number of primary amides is 1. The smallest absolute Gasteiger partial charge is 0.321 e. The Kier molecular flexibility index (Phi) is 8.31. The van der Waals surface area contributed by atoms with Crippen LogP contribution < -0.4 is 20.5 Å². The van der Waals surface area contributed by atoms with Gasteiger partial charge in [0.15, 0.2) is 0 Å². The molecule has 9 heteroatoms.